The van der Waals surface area contributed by atoms with Crippen LogP contribution in [0.2, 0.25) is 0 Å². The number of nitriles is 1. The van der Waals surface area contributed by atoms with Crippen LogP contribution >= 0.6 is 0 Å². The van der Waals surface area contributed by atoms with E-state index in [1.165, 1.54) is 5.56 Å². The second-order valence-corrected chi connectivity index (χ2v) is 7.21. The lowest BCUT2D eigenvalue weighted by atomic mass is 9.87. The lowest BCUT2D eigenvalue weighted by Gasteiger charge is -2.19. The largest absolute Gasteiger partial charge is 0.378 e. The maximum absolute atomic E-state index is 9.50. The molecule has 4 heteroatoms. The molecular weight excluding hydrogens is 344 g/mol. The number of benzene rings is 2. The third kappa shape index (κ3) is 3.46. The van der Waals surface area contributed by atoms with Gasteiger partial charge in [0.15, 0.2) is 5.69 Å². The van der Waals surface area contributed by atoms with Crippen LogP contribution in [0.3, 0.4) is 0 Å². The molecule has 1 aromatic heterocycles. The highest BCUT2D eigenvalue weighted by atomic mass is 15.1. The van der Waals surface area contributed by atoms with Gasteiger partial charge in [0.2, 0.25) is 0 Å². The van der Waals surface area contributed by atoms with Gasteiger partial charge in [0, 0.05) is 31.5 Å². The summed E-state index contributed by atoms with van der Waals surface area (Å²) in [5.41, 5.74) is 8.79. The molecule has 1 heterocycles. The van der Waals surface area contributed by atoms with Gasteiger partial charge in [-0.2, -0.15) is 5.26 Å². The Kier molecular flexibility index (Phi) is 5.16. The van der Waals surface area contributed by atoms with Crippen molar-refractivity contribution >= 4 is 11.4 Å². The highest BCUT2D eigenvalue weighted by Crippen LogP contribution is 2.43. The van der Waals surface area contributed by atoms with E-state index in [-0.39, 0.29) is 0 Å². The second-order valence-electron chi connectivity index (χ2n) is 7.21. The number of hydrogen-bond donors (Lipinski definition) is 0. The Bertz CT molecular complexity index is 1120. The Morgan fingerprint density at radius 2 is 1.68 bits per heavy atom. The number of rotatable bonds is 3. The van der Waals surface area contributed by atoms with Gasteiger partial charge in [-0.25, -0.2) is 4.85 Å². The van der Waals surface area contributed by atoms with Crippen LogP contribution in [0.15, 0.2) is 42.6 Å². The average molecular weight is 366 g/mol. The Morgan fingerprint density at radius 3 is 2.25 bits per heavy atom. The minimum Gasteiger partial charge on any atom is -0.378 e. The zero-order valence-corrected chi connectivity index (χ0v) is 16.8. The van der Waals surface area contributed by atoms with E-state index >= 15 is 0 Å². The first-order valence-electron chi connectivity index (χ1n) is 9.03. The van der Waals surface area contributed by atoms with Crippen LogP contribution in [0.25, 0.3) is 27.2 Å². The molecule has 0 fully saturated rings. The van der Waals surface area contributed by atoms with Gasteiger partial charge in [-0.05, 0) is 72.9 Å². The normalized spacial score (nSPS) is 10.2. The standard InChI is InChI=1S/C24H22N4/c1-15-9-16(2)23(17(3)10-15)24-20(11-18(14-25)12-22(24)26-4)21-13-19(28(5)6)7-8-27-21/h7-13H,1-3,5-6H3. The Hall–Kier alpha value is -3.63. The maximum Gasteiger partial charge on any atom is 0.196 e. The van der Waals surface area contributed by atoms with Crippen molar-refractivity contribution < 1.29 is 0 Å². The molecule has 3 rings (SSSR count). The molecular formula is C24H22N4. The summed E-state index contributed by atoms with van der Waals surface area (Å²) in [4.78, 5) is 10.3. The molecule has 3 aromatic rings. The lowest BCUT2D eigenvalue weighted by Crippen LogP contribution is -2.08. The van der Waals surface area contributed by atoms with E-state index in [9.17, 15) is 5.26 Å². The summed E-state index contributed by atoms with van der Waals surface area (Å²) >= 11 is 0. The predicted molar refractivity (Wildman–Crippen MR) is 115 cm³/mol. The van der Waals surface area contributed by atoms with Crippen LogP contribution in [0.5, 0.6) is 0 Å². The molecule has 0 aliphatic rings. The summed E-state index contributed by atoms with van der Waals surface area (Å²) in [7, 11) is 3.95. The topological polar surface area (TPSA) is 44.3 Å². The molecule has 138 valence electrons. The van der Waals surface area contributed by atoms with Crippen LogP contribution in [-0.4, -0.2) is 19.1 Å². The van der Waals surface area contributed by atoms with E-state index in [0.29, 0.717) is 11.3 Å². The van der Waals surface area contributed by atoms with E-state index in [2.05, 4.69) is 48.8 Å². The van der Waals surface area contributed by atoms with E-state index in [4.69, 9.17) is 6.57 Å². The van der Waals surface area contributed by atoms with Crippen molar-refractivity contribution in [2.75, 3.05) is 19.0 Å². The van der Waals surface area contributed by atoms with Crippen molar-refractivity contribution in [3.8, 4) is 28.5 Å². The van der Waals surface area contributed by atoms with Crippen LogP contribution in [0.1, 0.15) is 22.3 Å². The summed E-state index contributed by atoms with van der Waals surface area (Å²) in [6.07, 6.45) is 1.76. The van der Waals surface area contributed by atoms with E-state index in [1.54, 1.807) is 12.3 Å². The third-order valence-electron chi connectivity index (χ3n) is 4.83. The maximum atomic E-state index is 9.50. The van der Waals surface area contributed by atoms with Gasteiger partial charge in [-0.15, -0.1) is 0 Å². The molecule has 0 aliphatic carbocycles. The van der Waals surface area contributed by atoms with Gasteiger partial charge >= 0.3 is 0 Å². The zero-order chi connectivity index (χ0) is 20.4. The molecule has 0 unspecified atom stereocenters. The molecule has 0 atom stereocenters. The van der Waals surface area contributed by atoms with Crippen molar-refractivity contribution in [3.63, 3.8) is 0 Å². The molecule has 28 heavy (non-hydrogen) atoms. The van der Waals surface area contributed by atoms with Crippen LogP contribution < -0.4 is 4.90 Å². The molecule has 0 saturated carbocycles. The Balaban J connectivity index is 2.43. The van der Waals surface area contributed by atoms with Gasteiger partial charge < -0.3 is 4.90 Å². The molecule has 4 nitrogen and oxygen atoms in total. The predicted octanol–water partition coefficient (Wildman–Crippen LogP) is 5.83. The smallest absolute Gasteiger partial charge is 0.196 e. The fourth-order valence-corrected chi connectivity index (χ4v) is 3.66. The highest BCUT2D eigenvalue weighted by molar-refractivity contribution is 5.95. The first kappa shape index (κ1) is 19.1. The molecule has 0 spiro atoms. The molecule has 2 aromatic carbocycles. The summed E-state index contributed by atoms with van der Waals surface area (Å²) in [6.45, 7) is 13.9. The summed E-state index contributed by atoms with van der Waals surface area (Å²) in [6, 6.07) is 13.9. The van der Waals surface area contributed by atoms with Crippen molar-refractivity contribution in [1.29, 1.82) is 5.26 Å². The van der Waals surface area contributed by atoms with Crippen molar-refractivity contribution in [2.24, 2.45) is 0 Å². The SMILES string of the molecule is [C-]#[N+]c1cc(C#N)cc(-c2cc(N(C)C)ccn2)c1-c1c(C)cc(C)cc1C. The minimum atomic E-state index is 0.462. The van der Waals surface area contributed by atoms with Crippen LogP contribution in [0.4, 0.5) is 11.4 Å². The summed E-state index contributed by atoms with van der Waals surface area (Å²) in [5.74, 6) is 0. The van der Waals surface area contributed by atoms with E-state index in [1.807, 2.05) is 37.2 Å². The Labute approximate surface area is 166 Å². The monoisotopic (exact) mass is 366 g/mol. The van der Waals surface area contributed by atoms with E-state index in [0.717, 1.165) is 39.2 Å². The molecule has 0 bridgehead atoms. The van der Waals surface area contributed by atoms with Gasteiger partial charge in [-0.1, -0.05) is 17.7 Å². The lowest BCUT2D eigenvalue weighted by molar-refractivity contribution is 1.12. The fraction of sp³-hybridized carbons (Fsp3) is 0.208. The number of pyridine rings is 1. The minimum absolute atomic E-state index is 0.462. The van der Waals surface area contributed by atoms with Crippen molar-refractivity contribution in [2.45, 2.75) is 20.8 Å². The quantitative estimate of drug-likeness (QED) is 0.548. The first-order chi connectivity index (χ1) is 13.3. The Morgan fingerprint density at radius 1 is 1.00 bits per heavy atom. The summed E-state index contributed by atoms with van der Waals surface area (Å²) in [5, 5.41) is 9.50. The van der Waals surface area contributed by atoms with Gasteiger partial charge in [0.1, 0.15) is 0 Å². The first-order valence-corrected chi connectivity index (χ1v) is 9.03. The van der Waals surface area contributed by atoms with E-state index < -0.39 is 0 Å². The number of nitrogens with zero attached hydrogens (tertiary/aromatic N) is 4. The van der Waals surface area contributed by atoms with Gasteiger partial charge in [0.25, 0.3) is 0 Å². The molecule has 0 aliphatic heterocycles. The molecule has 0 saturated heterocycles. The third-order valence-corrected chi connectivity index (χ3v) is 4.83. The molecule has 0 amide bonds. The number of anilines is 1. The highest BCUT2D eigenvalue weighted by Gasteiger charge is 2.19. The number of hydrogen-bond acceptors (Lipinski definition) is 3. The van der Waals surface area contributed by atoms with Crippen LogP contribution in [0, 0.1) is 38.7 Å². The second kappa shape index (κ2) is 7.55. The number of aromatic nitrogens is 1. The number of aryl methyl sites for hydroxylation is 3. The van der Waals surface area contributed by atoms with Crippen LogP contribution in [-0.2, 0) is 0 Å². The molecule has 0 N–H and O–H groups in total. The molecule has 0 radical (unpaired) electrons. The summed E-state index contributed by atoms with van der Waals surface area (Å²) < 4.78 is 0. The fourth-order valence-electron chi connectivity index (χ4n) is 3.66. The van der Waals surface area contributed by atoms with Crippen molar-refractivity contribution in [1.82, 2.24) is 4.98 Å². The zero-order valence-electron chi connectivity index (χ0n) is 16.8. The van der Waals surface area contributed by atoms with Gasteiger partial charge in [-0.3, -0.25) is 4.98 Å². The average Bonchev–Trinajstić information content (AvgIpc) is 2.67. The van der Waals surface area contributed by atoms with Gasteiger partial charge in [0.05, 0.1) is 18.3 Å². The van der Waals surface area contributed by atoms with Crippen molar-refractivity contribution in [3.05, 3.63) is 76.3 Å².